The van der Waals surface area contributed by atoms with Crippen LogP contribution >= 0.6 is 11.6 Å². The summed E-state index contributed by atoms with van der Waals surface area (Å²) in [5, 5.41) is 8.14. The topological polar surface area (TPSA) is 76.2 Å². The summed E-state index contributed by atoms with van der Waals surface area (Å²) in [5.74, 6) is 1.44. The summed E-state index contributed by atoms with van der Waals surface area (Å²) in [4.78, 5) is 11.3. The van der Waals surface area contributed by atoms with Crippen LogP contribution in [-0.4, -0.2) is 46.5 Å². The molecule has 1 atom stereocenters. The highest BCUT2D eigenvalue weighted by Gasteiger charge is 2.26. The number of hydrogen-bond acceptors (Lipinski definition) is 6. The number of hydrogen-bond donors (Lipinski definition) is 1. The normalized spacial score (nSPS) is 16.8. The first-order valence-corrected chi connectivity index (χ1v) is 10.1. The van der Waals surface area contributed by atoms with Gasteiger partial charge >= 0.3 is 0 Å². The number of aromatic nitrogens is 4. The molecule has 8 heteroatoms. The Morgan fingerprint density at radius 1 is 1.21 bits per heavy atom. The van der Waals surface area contributed by atoms with Crippen molar-refractivity contribution < 1.29 is 9.47 Å². The van der Waals surface area contributed by atoms with E-state index in [9.17, 15) is 0 Å². The lowest BCUT2D eigenvalue weighted by Gasteiger charge is -2.32. The highest BCUT2D eigenvalue weighted by Crippen LogP contribution is 2.25. The molecule has 0 saturated carbocycles. The van der Waals surface area contributed by atoms with Gasteiger partial charge in [-0.3, -0.25) is 5.10 Å². The van der Waals surface area contributed by atoms with Crippen molar-refractivity contribution in [3.05, 3.63) is 64.2 Å². The molecular formula is C21H24ClN5O2. The van der Waals surface area contributed by atoms with Gasteiger partial charge in [0.1, 0.15) is 11.9 Å². The molecule has 0 aliphatic carbocycles. The molecule has 152 valence electrons. The first-order chi connectivity index (χ1) is 14.1. The zero-order valence-electron chi connectivity index (χ0n) is 16.6. The van der Waals surface area contributed by atoms with Gasteiger partial charge in [-0.05, 0) is 38.1 Å². The lowest BCUT2D eigenvalue weighted by molar-refractivity contribution is 0.0364. The summed E-state index contributed by atoms with van der Waals surface area (Å²) in [7, 11) is 0. The van der Waals surface area contributed by atoms with Crippen LogP contribution in [0.5, 0.6) is 5.75 Å². The molecule has 0 unspecified atom stereocenters. The van der Waals surface area contributed by atoms with Crippen LogP contribution in [0.15, 0.2) is 36.4 Å². The van der Waals surface area contributed by atoms with E-state index in [0.29, 0.717) is 37.0 Å². The van der Waals surface area contributed by atoms with E-state index in [1.807, 2.05) is 50.2 Å². The van der Waals surface area contributed by atoms with Crippen molar-refractivity contribution in [2.24, 2.45) is 0 Å². The van der Waals surface area contributed by atoms with Crippen molar-refractivity contribution in [3.8, 4) is 5.75 Å². The Labute approximate surface area is 175 Å². The summed E-state index contributed by atoms with van der Waals surface area (Å²) in [5.41, 5.74) is 3.81. The van der Waals surface area contributed by atoms with E-state index in [2.05, 4.69) is 25.1 Å². The standard InChI is InChI=1S/C21H24ClN5O2/c1-14-11-15(2)24-21(23-14)27-8-10-29-20(13-27)18-12-16(25-26-18)7-9-28-19-6-4-3-5-17(19)22/h3-6,11-12,20H,7-10,13H2,1-2H3,(H,25,26)/t20-/m1/s1. The molecule has 1 aromatic carbocycles. The molecule has 0 radical (unpaired) electrons. The Hall–Kier alpha value is -2.64. The average molecular weight is 414 g/mol. The van der Waals surface area contributed by atoms with Crippen molar-refractivity contribution in [2.45, 2.75) is 26.4 Å². The minimum atomic E-state index is -0.123. The van der Waals surface area contributed by atoms with E-state index in [1.54, 1.807) is 0 Å². The van der Waals surface area contributed by atoms with Gasteiger partial charge in [-0.1, -0.05) is 23.7 Å². The predicted octanol–water partition coefficient (Wildman–Crippen LogP) is 3.67. The molecule has 1 aliphatic rings. The molecule has 0 amide bonds. The number of morpholine rings is 1. The molecule has 4 rings (SSSR count). The van der Waals surface area contributed by atoms with Gasteiger partial charge in [-0.2, -0.15) is 5.10 Å². The molecule has 0 spiro atoms. The number of nitrogens with zero attached hydrogens (tertiary/aromatic N) is 4. The van der Waals surface area contributed by atoms with E-state index >= 15 is 0 Å². The lowest BCUT2D eigenvalue weighted by Crippen LogP contribution is -2.39. The minimum Gasteiger partial charge on any atom is -0.492 e. The van der Waals surface area contributed by atoms with E-state index in [0.717, 1.165) is 35.3 Å². The number of anilines is 1. The van der Waals surface area contributed by atoms with Gasteiger partial charge < -0.3 is 14.4 Å². The Bertz CT molecular complexity index is 957. The highest BCUT2D eigenvalue weighted by atomic mass is 35.5. The summed E-state index contributed by atoms with van der Waals surface area (Å²) < 4.78 is 11.7. The van der Waals surface area contributed by atoms with Crippen LogP contribution < -0.4 is 9.64 Å². The quantitative estimate of drug-likeness (QED) is 0.664. The van der Waals surface area contributed by atoms with Gasteiger partial charge in [-0.25, -0.2) is 9.97 Å². The van der Waals surface area contributed by atoms with Crippen LogP contribution in [0, 0.1) is 13.8 Å². The second-order valence-electron chi connectivity index (χ2n) is 7.10. The Kier molecular flexibility index (Phi) is 5.97. The van der Waals surface area contributed by atoms with Crippen molar-refractivity contribution in [3.63, 3.8) is 0 Å². The molecule has 1 N–H and O–H groups in total. The van der Waals surface area contributed by atoms with Crippen molar-refractivity contribution in [1.82, 2.24) is 20.2 Å². The molecule has 7 nitrogen and oxygen atoms in total. The third-order valence-electron chi connectivity index (χ3n) is 4.77. The Morgan fingerprint density at radius 2 is 2.00 bits per heavy atom. The summed E-state index contributed by atoms with van der Waals surface area (Å²) in [6.07, 6.45) is 0.581. The number of aryl methyl sites for hydroxylation is 2. The van der Waals surface area contributed by atoms with Gasteiger partial charge in [-0.15, -0.1) is 0 Å². The van der Waals surface area contributed by atoms with Crippen molar-refractivity contribution in [2.75, 3.05) is 31.2 Å². The monoisotopic (exact) mass is 413 g/mol. The number of ether oxygens (including phenoxy) is 2. The molecule has 29 heavy (non-hydrogen) atoms. The highest BCUT2D eigenvalue weighted by molar-refractivity contribution is 6.32. The fourth-order valence-electron chi connectivity index (χ4n) is 3.36. The number of aromatic amines is 1. The van der Waals surface area contributed by atoms with Crippen LogP contribution in [0.4, 0.5) is 5.95 Å². The van der Waals surface area contributed by atoms with Gasteiger partial charge in [0.15, 0.2) is 0 Å². The fourth-order valence-corrected chi connectivity index (χ4v) is 3.55. The molecule has 3 heterocycles. The third kappa shape index (κ3) is 4.86. The maximum Gasteiger partial charge on any atom is 0.225 e. The molecule has 1 saturated heterocycles. The van der Waals surface area contributed by atoms with Gasteiger partial charge in [0.2, 0.25) is 5.95 Å². The van der Waals surface area contributed by atoms with Gasteiger partial charge in [0, 0.05) is 30.0 Å². The summed E-state index contributed by atoms with van der Waals surface area (Å²) in [6, 6.07) is 11.5. The zero-order chi connectivity index (χ0) is 20.2. The van der Waals surface area contributed by atoms with Crippen LogP contribution in [0.1, 0.15) is 28.9 Å². The molecule has 0 bridgehead atoms. The smallest absolute Gasteiger partial charge is 0.225 e. The lowest BCUT2D eigenvalue weighted by atomic mass is 10.2. The van der Waals surface area contributed by atoms with Crippen LogP contribution in [0.25, 0.3) is 0 Å². The molecule has 1 fully saturated rings. The first kappa shape index (κ1) is 19.7. The van der Waals surface area contributed by atoms with Crippen LogP contribution in [-0.2, 0) is 11.2 Å². The maximum atomic E-state index is 6.12. The van der Waals surface area contributed by atoms with Crippen LogP contribution in [0.2, 0.25) is 5.02 Å². The minimum absolute atomic E-state index is 0.123. The Balaban J connectivity index is 1.36. The largest absolute Gasteiger partial charge is 0.492 e. The molecule has 2 aromatic heterocycles. The average Bonchev–Trinajstić information content (AvgIpc) is 3.18. The second-order valence-corrected chi connectivity index (χ2v) is 7.51. The maximum absolute atomic E-state index is 6.12. The van der Waals surface area contributed by atoms with Crippen molar-refractivity contribution >= 4 is 17.5 Å². The van der Waals surface area contributed by atoms with Crippen molar-refractivity contribution in [1.29, 1.82) is 0 Å². The molecular weight excluding hydrogens is 390 g/mol. The molecule has 3 aromatic rings. The second kappa shape index (κ2) is 8.80. The Morgan fingerprint density at radius 3 is 2.79 bits per heavy atom. The summed E-state index contributed by atoms with van der Waals surface area (Å²) in [6.45, 7) is 6.53. The number of rotatable bonds is 6. The number of H-pyrrole nitrogens is 1. The van der Waals surface area contributed by atoms with E-state index < -0.39 is 0 Å². The van der Waals surface area contributed by atoms with E-state index in [-0.39, 0.29) is 6.10 Å². The third-order valence-corrected chi connectivity index (χ3v) is 5.08. The zero-order valence-corrected chi connectivity index (χ0v) is 17.3. The van der Waals surface area contributed by atoms with E-state index in [1.165, 1.54) is 0 Å². The first-order valence-electron chi connectivity index (χ1n) is 9.69. The SMILES string of the molecule is Cc1cc(C)nc(N2CCO[C@@H](c3cc(CCOc4ccccc4Cl)[nH]n3)C2)n1. The van der Waals surface area contributed by atoms with Gasteiger partial charge in [0.25, 0.3) is 0 Å². The van der Waals surface area contributed by atoms with Gasteiger partial charge in [0.05, 0.1) is 30.5 Å². The molecule has 1 aliphatic heterocycles. The number of para-hydroxylation sites is 1. The number of benzene rings is 1. The number of nitrogens with one attached hydrogen (secondary N) is 1. The fraction of sp³-hybridized carbons (Fsp3) is 0.381. The van der Waals surface area contributed by atoms with E-state index in [4.69, 9.17) is 21.1 Å². The number of halogens is 1. The van der Waals surface area contributed by atoms with Crippen LogP contribution in [0.3, 0.4) is 0 Å². The summed E-state index contributed by atoms with van der Waals surface area (Å²) >= 11 is 6.12. The predicted molar refractivity (Wildman–Crippen MR) is 112 cm³/mol.